The van der Waals surface area contributed by atoms with Crippen LogP contribution in [0.3, 0.4) is 0 Å². The molecular weight excluding hydrogens is 176 g/mol. The molecule has 1 rings (SSSR count). The summed E-state index contributed by atoms with van der Waals surface area (Å²) in [6.07, 6.45) is 7.38. The summed E-state index contributed by atoms with van der Waals surface area (Å²) in [7, 11) is 0. The molecule has 0 saturated heterocycles. The number of terminal acetylenes is 1. The Bertz CT molecular complexity index is 361. The SMILES string of the molecule is C#CCCCc1ccccc1C(=O)O. The predicted octanol–water partition coefficient (Wildman–Crippen LogP) is 2.34. The minimum Gasteiger partial charge on any atom is -0.478 e. The van der Waals surface area contributed by atoms with Crippen molar-refractivity contribution in [2.24, 2.45) is 0 Å². The van der Waals surface area contributed by atoms with Gasteiger partial charge in [-0.1, -0.05) is 18.2 Å². The van der Waals surface area contributed by atoms with E-state index in [1.165, 1.54) is 0 Å². The molecule has 1 aromatic carbocycles. The Morgan fingerprint density at radius 3 is 2.79 bits per heavy atom. The molecule has 0 aliphatic carbocycles. The molecule has 72 valence electrons. The van der Waals surface area contributed by atoms with Crippen LogP contribution in [0.25, 0.3) is 0 Å². The number of carboxylic acids is 1. The summed E-state index contributed by atoms with van der Waals surface area (Å²) < 4.78 is 0. The maximum Gasteiger partial charge on any atom is 0.335 e. The zero-order chi connectivity index (χ0) is 10.4. The number of unbranched alkanes of at least 4 members (excludes halogenated alkanes) is 1. The summed E-state index contributed by atoms with van der Waals surface area (Å²) in [5, 5.41) is 8.88. The molecule has 0 heterocycles. The first kappa shape index (κ1) is 10.3. The van der Waals surface area contributed by atoms with Gasteiger partial charge in [0, 0.05) is 6.42 Å². The number of carboxylic acid groups (broad SMARTS) is 1. The highest BCUT2D eigenvalue weighted by atomic mass is 16.4. The van der Waals surface area contributed by atoms with Crippen molar-refractivity contribution >= 4 is 5.97 Å². The number of benzene rings is 1. The average molecular weight is 188 g/mol. The van der Waals surface area contributed by atoms with Crippen molar-refractivity contribution in [2.45, 2.75) is 19.3 Å². The lowest BCUT2D eigenvalue weighted by atomic mass is 10.0. The number of rotatable bonds is 4. The maximum absolute atomic E-state index is 10.8. The zero-order valence-electron chi connectivity index (χ0n) is 7.86. The van der Waals surface area contributed by atoms with Gasteiger partial charge in [0.25, 0.3) is 0 Å². The van der Waals surface area contributed by atoms with Gasteiger partial charge in [0.2, 0.25) is 0 Å². The second-order valence-electron chi connectivity index (χ2n) is 3.02. The molecule has 0 saturated carbocycles. The third kappa shape index (κ3) is 2.63. The molecule has 1 aromatic rings. The summed E-state index contributed by atoms with van der Waals surface area (Å²) in [5.41, 5.74) is 1.24. The van der Waals surface area contributed by atoms with Crippen LogP contribution in [0.4, 0.5) is 0 Å². The highest BCUT2D eigenvalue weighted by Gasteiger charge is 2.07. The van der Waals surface area contributed by atoms with Gasteiger partial charge in [-0.25, -0.2) is 4.79 Å². The predicted molar refractivity (Wildman–Crippen MR) is 55.2 cm³/mol. The van der Waals surface area contributed by atoms with Crippen LogP contribution in [-0.2, 0) is 6.42 Å². The summed E-state index contributed by atoms with van der Waals surface area (Å²) in [6, 6.07) is 7.03. The fourth-order valence-electron chi connectivity index (χ4n) is 1.33. The molecule has 0 unspecified atom stereocenters. The van der Waals surface area contributed by atoms with Gasteiger partial charge in [0.05, 0.1) is 5.56 Å². The third-order valence-electron chi connectivity index (χ3n) is 2.02. The molecule has 0 aromatic heterocycles. The summed E-state index contributed by atoms with van der Waals surface area (Å²) in [5.74, 6) is 1.67. The van der Waals surface area contributed by atoms with E-state index in [0.29, 0.717) is 12.0 Å². The van der Waals surface area contributed by atoms with E-state index >= 15 is 0 Å². The van der Waals surface area contributed by atoms with E-state index in [2.05, 4.69) is 5.92 Å². The Morgan fingerprint density at radius 2 is 2.14 bits per heavy atom. The Labute approximate surface area is 83.6 Å². The number of aromatic carboxylic acids is 1. The smallest absolute Gasteiger partial charge is 0.335 e. The molecule has 0 aliphatic heterocycles. The van der Waals surface area contributed by atoms with E-state index in [1.807, 2.05) is 12.1 Å². The van der Waals surface area contributed by atoms with Crippen LogP contribution in [-0.4, -0.2) is 11.1 Å². The van der Waals surface area contributed by atoms with E-state index < -0.39 is 5.97 Å². The molecule has 0 spiro atoms. The molecule has 14 heavy (non-hydrogen) atoms. The molecule has 2 nitrogen and oxygen atoms in total. The molecule has 0 aliphatic rings. The van der Waals surface area contributed by atoms with Crippen LogP contribution in [0.1, 0.15) is 28.8 Å². The van der Waals surface area contributed by atoms with E-state index in [0.717, 1.165) is 18.4 Å². The number of hydrogen-bond donors (Lipinski definition) is 1. The van der Waals surface area contributed by atoms with Crippen molar-refractivity contribution in [2.75, 3.05) is 0 Å². The summed E-state index contributed by atoms with van der Waals surface area (Å²) >= 11 is 0. The van der Waals surface area contributed by atoms with Gasteiger partial charge < -0.3 is 5.11 Å². The highest BCUT2D eigenvalue weighted by Crippen LogP contribution is 2.11. The van der Waals surface area contributed by atoms with E-state index in [9.17, 15) is 4.79 Å². The lowest BCUT2D eigenvalue weighted by Gasteiger charge is -2.03. The quantitative estimate of drug-likeness (QED) is 0.581. The Balaban J connectivity index is 2.75. The van der Waals surface area contributed by atoms with Crippen molar-refractivity contribution in [3.05, 3.63) is 35.4 Å². The lowest BCUT2D eigenvalue weighted by Crippen LogP contribution is -2.01. The van der Waals surface area contributed by atoms with Crippen LogP contribution < -0.4 is 0 Å². The second kappa shape index (κ2) is 5.08. The van der Waals surface area contributed by atoms with Crippen molar-refractivity contribution in [3.63, 3.8) is 0 Å². The molecule has 0 radical (unpaired) electrons. The number of aryl methyl sites for hydroxylation is 1. The molecule has 0 fully saturated rings. The third-order valence-corrected chi connectivity index (χ3v) is 2.02. The highest BCUT2D eigenvalue weighted by molar-refractivity contribution is 5.89. The maximum atomic E-state index is 10.8. The minimum atomic E-state index is -0.874. The number of carbonyl (C=O) groups is 1. The fourth-order valence-corrected chi connectivity index (χ4v) is 1.33. The van der Waals surface area contributed by atoms with Crippen LogP contribution in [0.2, 0.25) is 0 Å². The van der Waals surface area contributed by atoms with Crippen molar-refractivity contribution in [1.29, 1.82) is 0 Å². The topological polar surface area (TPSA) is 37.3 Å². The van der Waals surface area contributed by atoms with Crippen LogP contribution in [0, 0.1) is 12.3 Å². The van der Waals surface area contributed by atoms with Gasteiger partial charge >= 0.3 is 5.97 Å². The Morgan fingerprint density at radius 1 is 1.43 bits per heavy atom. The molecule has 1 N–H and O–H groups in total. The Hall–Kier alpha value is -1.75. The van der Waals surface area contributed by atoms with Crippen molar-refractivity contribution in [3.8, 4) is 12.3 Å². The molecule has 0 atom stereocenters. The van der Waals surface area contributed by atoms with Crippen molar-refractivity contribution < 1.29 is 9.90 Å². The lowest BCUT2D eigenvalue weighted by molar-refractivity contribution is 0.0695. The van der Waals surface area contributed by atoms with E-state index in [4.69, 9.17) is 11.5 Å². The van der Waals surface area contributed by atoms with Gasteiger partial charge in [-0.15, -0.1) is 12.3 Å². The summed E-state index contributed by atoms with van der Waals surface area (Å²) in [6.45, 7) is 0. The standard InChI is InChI=1S/C12H12O2/c1-2-3-4-7-10-8-5-6-9-11(10)12(13)14/h1,5-6,8-9H,3-4,7H2,(H,13,14). The first-order valence-electron chi connectivity index (χ1n) is 4.50. The first-order valence-corrected chi connectivity index (χ1v) is 4.50. The van der Waals surface area contributed by atoms with Crippen LogP contribution >= 0.6 is 0 Å². The molecular formula is C12H12O2. The van der Waals surface area contributed by atoms with Crippen molar-refractivity contribution in [1.82, 2.24) is 0 Å². The van der Waals surface area contributed by atoms with Crippen LogP contribution in [0.15, 0.2) is 24.3 Å². The second-order valence-corrected chi connectivity index (χ2v) is 3.02. The van der Waals surface area contributed by atoms with Gasteiger partial charge in [0.15, 0.2) is 0 Å². The number of hydrogen-bond acceptors (Lipinski definition) is 1. The Kier molecular flexibility index (Phi) is 3.75. The van der Waals surface area contributed by atoms with Gasteiger partial charge in [0.1, 0.15) is 0 Å². The van der Waals surface area contributed by atoms with E-state index in [1.54, 1.807) is 12.1 Å². The van der Waals surface area contributed by atoms with E-state index in [-0.39, 0.29) is 0 Å². The normalized spacial score (nSPS) is 9.36. The molecule has 2 heteroatoms. The van der Waals surface area contributed by atoms with Crippen LogP contribution in [0.5, 0.6) is 0 Å². The first-order chi connectivity index (χ1) is 6.75. The minimum absolute atomic E-state index is 0.379. The average Bonchev–Trinajstić information content (AvgIpc) is 2.19. The largest absolute Gasteiger partial charge is 0.478 e. The molecule has 0 bridgehead atoms. The van der Waals surface area contributed by atoms with Gasteiger partial charge in [-0.3, -0.25) is 0 Å². The monoisotopic (exact) mass is 188 g/mol. The fraction of sp³-hybridized carbons (Fsp3) is 0.250. The summed E-state index contributed by atoms with van der Waals surface area (Å²) in [4.78, 5) is 10.8. The molecule has 0 amide bonds. The zero-order valence-corrected chi connectivity index (χ0v) is 7.86. The van der Waals surface area contributed by atoms with Gasteiger partial charge in [-0.05, 0) is 24.5 Å². The van der Waals surface area contributed by atoms with Gasteiger partial charge in [-0.2, -0.15) is 0 Å².